The average Bonchev–Trinajstić information content (AvgIpc) is 2.44. The van der Waals surface area contributed by atoms with Crippen LogP contribution in [0.2, 0.25) is 0 Å². The van der Waals surface area contributed by atoms with Gasteiger partial charge in [0.2, 0.25) is 0 Å². The van der Waals surface area contributed by atoms with E-state index in [-0.39, 0.29) is 5.41 Å². The van der Waals surface area contributed by atoms with Crippen LogP contribution < -0.4 is 11.3 Å². The number of nitrogens with two attached hydrogens (primary N) is 1. The molecule has 0 saturated heterocycles. The molecule has 0 amide bonds. The van der Waals surface area contributed by atoms with Gasteiger partial charge in [0.1, 0.15) is 0 Å². The van der Waals surface area contributed by atoms with Gasteiger partial charge in [0.05, 0.1) is 0 Å². The second-order valence-corrected chi connectivity index (χ2v) is 5.92. The van der Waals surface area contributed by atoms with E-state index >= 15 is 0 Å². The smallest absolute Gasteiger partial charge is 0.0307 e. The average molecular weight is 262 g/mol. The van der Waals surface area contributed by atoms with Crippen molar-refractivity contribution in [3.05, 3.63) is 35.9 Å². The normalized spacial score (nSPS) is 13.8. The Morgan fingerprint density at radius 2 is 1.63 bits per heavy atom. The molecule has 1 unspecified atom stereocenters. The third-order valence-corrected chi connectivity index (χ3v) is 4.51. The molecule has 0 fully saturated rings. The number of hydrogen-bond acceptors (Lipinski definition) is 2. The Balaban J connectivity index is 3.02. The Bertz CT molecular complexity index is 342. The predicted octanol–water partition coefficient (Wildman–Crippen LogP) is 4.01. The van der Waals surface area contributed by atoms with Gasteiger partial charge in [-0.2, -0.15) is 0 Å². The van der Waals surface area contributed by atoms with E-state index in [1.54, 1.807) is 0 Å². The third-order valence-electron chi connectivity index (χ3n) is 4.51. The molecule has 1 aromatic rings. The summed E-state index contributed by atoms with van der Waals surface area (Å²) in [5.41, 5.74) is 4.65. The van der Waals surface area contributed by atoms with E-state index in [2.05, 4.69) is 63.5 Å². The molecule has 2 nitrogen and oxygen atoms in total. The minimum atomic E-state index is 0.144. The van der Waals surface area contributed by atoms with Crippen LogP contribution in [0.25, 0.3) is 0 Å². The first kappa shape index (κ1) is 16.2. The van der Waals surface area contributed by atoms with Gasteiger partial charge < -0.3 is 0 Å². The molecule has 0 saturated carbocycles. The first-order chi connectivity index (χ1) is 9.10. The van der Waals surface area contributed by atoms with E-state index in [1.807, 2.05) is 0 Å². The van der Waals surface area contributed by atoms with Crippen molar-refractivity contribution in [3.8, 4) is 0 Å². The summed E-state index contributed by atoms with van der Waals surface area (Å²) < 4.78 is 0. The van der Waals surface area contributed by atoms with Crippen molar-refractivity contribution in [1.29, 1.82) is 0 Å². The number of hydrogen-bond donors (Lipinski definition) is 2. The molecule has 0 aliphatic heterocycles. The molecule has 0 heterocycles. The fourth-order valence-electron chi connectivity index (χ4n) is 3.14. The van der Waals surface area contributed by atoms with Gasteiger partial charge in [0, 0.05) is 11.5 Å². The molecule has 1 atom stereocenters. The minimum Gasteiger partial charge on any atom is -0.271 e. The fraction of sp³-hybridized carbons (Fsp3) is 0.647. The van der Waals surface area contributed by atoms with Crippen LogP contribution in [0.1, 0.15) is 58.9 Å². The van der Waals surface area contributed by atoms with Crippen LogP contribution >= 0.6 is 0 Å². The van der Waals surface area contributed by atoms with E-state index < -0.39 is 0 Å². The highest BCUT2D eigenvalue weighted by molar-refractivity contribution is 5.27. The van der Waals surface area contributed by atoms with Crippen molar-refractivity contribution in [2.45, 2.75) is 64.8 Å². The number of rotatable bonds is 8. The fourth-order valence-corrected chi connectivity index (χ4v) is 3.14. The Labute approximate surface area is 118 Å². The first-order valence-corrected chi connectivity index (χ1v) is 7.62. The van der Waals surface area contributed by atoms with Gasteiger partial charge >= 0.3 is 0 Å². The topological polar surface area (TPSA) is 38.0 Å². The highest BCUT2D eigenvalue weighted by Gasteiger charge is 2.36. The summed E-state index contributed by atoms with van der Waals surface area (Å²) in [4.78, 5) is 0. The maximum atomic E-state index is 5.88. The standard InChI is InChI=1S/C17H30N2/c1-5-17(6-2,15-10-8-7-9-11-15)16(19-18)13-12-14(3)4/h7-11,14,16,19H,5-6,12-13,18H2,1-4H3. The molecule has 0 aliphatic rings. The molecule has 0 aromatic heterocycles. The molecule has 0 bridgehead atoms. The molecule has 0 spiro atoms. The zero-order valence-corrected chi connectivity index (χ0v) is 12.9. The Kier molecular flexibility index (Phi) is 6.53. The zero-order chi connectivity index (χ0) is 14.3. The van der Waals surface area contributed by atoms with Gasteiger partial charge in [-0.1, -0.05) is 58.0 Å². The Morgan fingerprint density at radius 3 is 2.05 bits per heavy atom. The molecular formula is C17H30N2. The van der Waals surface area contributed by atoms with E-state index in [9.17, 15) is 0 Å². The summed E-state index contributed by atoms with van der Waals surface area (Å²) in [6, 6.07) is 11.2. The second-order valence-electron chi connectivity index (χ2n) is 5.92. The summed E-state index contributed by atoms with van der Waals surface area (Å²) in [6.07, 6.45) is 4.56. The lowest BCUT2D eigenvalue weighted by Gasteiger charge is -2.40. The van der Waals surface area contributed by atoms with E-state index in [4.69, 9.17) is 5.84 Å². The summed E-state index contributed by atoms with van der Waals surface area (Å²) in [7, 11) is 0. The molecule has 2 heteroatoms. The molecule has 0 radical (unpaired) electrons. The monoisotopic (exact) mass is 262 g/mol. The van der Waals surface area contributed by atoms with Crippen molar-refractivity contribution in [2.75, 3.05) is 0 Å². The van der Waals surface area contributed by atoms with E-state index in [1.165, 1.54) is 12.0 Å². The Hall–Kier alpha value is -0.860. The lowest BCUT2D eigenvalue weighted by atomic mass is 9.68. The number of hydrazine groups is 1. The van der Waals surface area contributed by atoms with Crippen LogP contribution in [-0.4, -0.2) is 6.04 Å². The van der Waals surface area contributed by atoms with Gasteiger partial charge in [-0.05, 0) is 37.2 Å². The third kappa shape index (κ3) is 3.80. The van der Waals surface area contributed by atoms with Crippen LogP contribution in [0.5, 0.6) is 0 Å². The largest absolute Gasteiger partial charge is 0.271 e. The van der Waals surface area contributed by atoms with Crippen molar-refractivity contribution in [3.63, 3.8) is 0 Å². The lowest BCUT2D eigenvalue weighted by Crippen LogP contribution is -2.51. The summed E-state index contributed by atoms with van der Waals surface area (Å²) in [5.74, 6) is 6.60. The van der Waals surface area contributed by atoms with Crippen LogP contribution in [-0.2, 0) is 5.41 Å². The van der Waals surface area contributed by atoms with Gasteiger partial charge in [-0.15, -0.1) is 0 Å². The number of benzene rings is 1. The van der Waals surface area contributed by atoms with Crippen molar-refractivity contribution in [2.24, 2.45) is 11.8 Å². The van der Waals surface area contributed by atoms with Crippen LogP contribution in [0.4, 0.5) is 0 Å². The van der Waals surface area contributed by atoms with E-state index in [0.29, 0.717) is 6.04 Å². The highest BCUT2D eigenvalue weighted by atomic mass is 15.2. The van der Waals surface area contributed by atoms with Crippen molar-refractivity contribution < 1.29 is 0 Å². The van der Waals surface area contributed by atoms with Crippen molar-refractivity contribution in [1.82, 2.24) is 5.43 Å². The summed E-state index contributed by atoms with van der Waals surface area (Å²) in [5, 5.41) is 0. The molecule has 19 heavy (non-hydrogen) atoms. The summed E-state index contributed by atoms with van der Waals surface area (Å²) in [6.45, 7) is 9.09. The van der Waals surface area contributed by atoms with Gasteiger partial charge in [-0.25, -0.2) is 0 Å². The Morgan fingerprint density at radius 1 is 1.05 bits per heavy atom. The molecule has 3 N–H and O–H groups in total. The van der Waals surface area contributed by atoms with Gasteiger partial charge in [0.25, 0.3) is 0 Å². The second kappa shape index (κ2) is 7.66. The predicted molar refractivity (Wildman–Crippen MR) is 83.9 cm³/mol. The quantitative estimate of drug-likeness (QED) is 0.548. The molecule has 108 valence electrons. The van der Waals surface area contributed by atoms with E-state index in [0.717, 1.165) is 25.2 Å². The maximum Gasteiger partial charge on any atom is 0.0307 e. The lowest BCUT2D eigenvalue weighted by molar-refractivity contribution is 0.248. The van der Waals surface area contributed by atoms with Crippen LogP contribution in [0.15, 0.2) is 30.3 Å². The molecular weight excluding hydrogens is 232 g/mol. The van der Waals surface area contributed by atoms with Gasteiger partial charge in [-0.3, -0.25) is 11.3 Å². The molecule has 1 rings (SSSR count). The summed E-state index contributed by atoms with van der Waals surface area (Å²) >= 11 is 0. The number of nitrogens with one attached hydrogen (secondary N) is 1. The van der Waals surface area contributed by atoms with Crippen LogP contribution in [0.3, 0.4) is 0 Å². The van der Waals surface area contributed by atoms with Crippen molar-refractivity contribution >= 4 is 0 Å². The molecule has 1 aromatic carbocycles. The molecule has 0 aliphatic carbocycles. The van der Waals surface area contributed by atoms with Crippen LogP contribution in [0, 0.1) is 5.92 Å². The minimum absolute atomic E-state index is 0.144. The van der Waals surface area contributed by atoms with Gasteiger partial charge in [0.15, 0.2) is 0 Å². The zero-order valence-electron chi connectivity index (χ0n) is 12.9. The maximum absolute atomic E-state index is 5.88. The SMILES string of the molecule is CCC(CC)(c1ccccc1)C(CCC(C)C)NN. The first-order valence-electron chi connectivity index (χ1n) is 7.62. The highest BCUT2D eigenvalue weighted by Crippen LogP contribution is 2.37.